The second kappa shape index (κ2) is 7.96. The number of hydrogen-bond acceptors (Lipinski definition) is 6. The van der Waals surface area contributed by atoms with Crippen molar-refractivity contribution in [3.63, 3.8) is 0 Å². The van der Waals surface area contributed by atoms with Crippen LogP contribution in [0, 0.1) is 10.1 Å². The summed E-state index contributed by atoms with van der Waals surface area (Å²) in [5, 5.41) is 11.2. The molecule has 2 rings (SSSR count). The quantitative estimate of drug-likeness (QED) is 0.578. The summed E-state index contributed by atoms with van der Waals surface area (Å²) in [7, 11) is 1.43. The van der Waals surface area contributed by atoms with Crippen LogP contribution in [0.2, 0.25) is 0 Å². The molecule has 1 aromatic rings. The molecule has 1 saturated heterocycles. The molecular weight excluding hydrogens is 314 g/mol. The predicted molar refractivity (Wildman–Crippen MR) is 88.4 cm³/mol. The highest BCUT2D eigenvalue weighted by molar-refractivity contribution is 5.81. The Balaban J connectivity index is 2.05. The predicted octanol–water partition coefficient (Wildman–Crippen LogP) is 1.53. The smallest absolute Gasteiger partial charge is 0.314 e. The van der Waals surface area contributed by atoms with Gasteiger partial charge in [-0.25, -0.2) is 0 Å². The molecule has 1 aromatic carbocycles. The molecule has 8 nitrogen and oxygen atoms in total. The number of nitro benzene ring substituents is 1. The zero-order valence-corrected chi connectivity index (χ0v) is 14.2. The van der Waals surface area contributed by atoms with Crippen molar-refractivity contribution in [2.24, 2.45) is 0 Å². The van der Waals surface area contributed by atoms with Crippen molar-refractivity contribution < 1.29 is 19.2 Å². The van der Waals surface area contributed by atoms with E-state index in [1.165, 1.54) is 19.2 Å². The normalized spacial score (nSPS) is 16.5. The Morgan fingerprint density at radius 3 is 2.54 bits per heavy atom. The lowest BCUT2D eigenvalue weighted by Gasteiger charge is -2.35. The van der Waals surface area contributed by atoms with Crippen LogP contribution in [-0.2, 0) is 4.79 Å². The number of benzene rings is 1. The summed E-state index contributed by atoms with van der Waals surface area (Å²) in [6.07, 6.45) is -0.787. The maximum Gasteiger partial charge on any atom is 0.314 e. The number of nitrogens with zero attached hydrogens (tertiary/aromatic N) is 3. The van der Waals surface area contributed by atoms with E-state index >= 15 is 0 Å². The molecular formula is C16H23N3O5. The monoisotopic (exact) mass is 337 g/mol. The fraction of sp³-hybridized carbons (Fsp3) is 0.562. The van der Waals surface area contributed by atoms with Crippen LogP contribution in [0.3, 0.4) is 0 Å². The van der Waals surface area contributed by atoms with E-state index < -0.39 is 11.0 Å². The van der Waals surface area contributed by atoms with Gasteiger partial charge in [-0.05, 0) is 25.6 Å². The Labute approximate surface area is 141 Å². The van der Waals surface area contributed by atoms with Gasteiger partial charge in [0.05, 0.1) is 18.1 Å². The summed E-state index contributed by atoms with van der Waals surface area (Å²) in [4.78, 5) is 27.1. The summed E-state index contributed by atoms with van der Waals surface area (Å²) in [6, 6.07) is 4.31. The molecule has 24 heavy (non-hydrogen) atoms. The Morgan fingerprint density at radius 1 is 1.33 bits per heavy atom. The maximum atomic E-state index is 12.5. The molecule has 1 atom stereocenters. The molecule has 0 aliphatic carbocycles. The van der Waals surface area contributed by atoms with Gasteiger partial charge in [-0.1, -0.05) is 6.92 Å². The van der Waals surface area contributed by atoms with Crippen molar-refractivity contribution in [3.05, 3.63) is 28.3 Å². The van der Waals surface area contributed by atoms with Crippen molar-refractivity contribution in [2.75, 3.05) is 39.8 Å². The first-order valence-corrected chi connectivity index (χ1v) is 7.96. The minimum Gasteiger partial charge on any atom is -0.496 e. The molecule has 8 heteroatoms. The van der Waals surface area contributed by atoms with Crippen LogP contribution in [-0.4, -0.2) is 66.6 Å². The minimum atomic E-state index is -0.787. The fourth-order valence-corrected chi connectivity index (χ4v) is 2.65. The zero-order chi connectivity index (χ0) is 17.7. The van der Waals surface area contributed by atoms with E-state index in [-0.39, 0.29) is 17.3 Å². The topological polar surface area (TPSA) is 85.2 Å². The number of rotatable bonds is 6. The van der Waals surface area contributed by atoms with Crippen molar-refractivity contribution in [1.82, 2.24) is 9.80 Å². The summed E-state index contributed by atoms with van der Waals surface area (Å²) < 4.78 is 10.6. The van der Waals surface area contributed by atoms with Crippen molar-refractivity contribution in [3.8, 4) is 11.5 Å². The first-order valence-electron chi connectivity index (χ1n) is 7.96. The molecule has 0 bridgehead atoms. The van der Waals surface area contributed by atoms with E-state index in [0.29, 0.717) is 18.8 Å². The number of carbonyl (C=O) groups is 1. The van der Waals surface area contributed by atoms with Crippen molar-refractivity contribution in [1.29, 1.82) is 0 Å². The Kier molecular flexibility index (Phi) is 5.97. The number of nitro groups is 1. The largest absolute Gasteiger partial charge is 0.496 e. The van der Waals surface area contributed by atoms with Crippen molar-refractivity contribution in [2.45, 2.75) is 20.0 Å². The van der Waals surface area contributed by atoms with E-state index in [1.54, 1.807) is 17.9 Å². The number of ether oxygens (including phenoxy) is 2. The Bertz CT molecular complexity index is 599. The SMILES string of the molecule is CCN1CCN(C(=O)[C@H](C)Oc2ccc(OC)cc2[N+](=O)[O-])CC1. The van der Waals surface area contributed by atoms with Crippen LogP contribution in [0.15, 0.2) is 18.2 Å². The molecule has 0 N–H and O–H groups in total. The summed E-state index contributed by atoms with van der Waals surface area (Å²) >= 11 is 0. The van der Waals surface area contributed by atoms with Crippen molar-refractivity contribution >= 4 is 11.6 Å². The highest BCUT2D eigenvalue weighted by Gasteiger charge is 2.27. The Morgan fingerprint density at radius 2 is 2.00 bits per heavy atom. The number of piperazine rings is 1. The third kappa shape index (κ3) is 4.14. The average Bonchev–Trinajstić information content (AvgIpc) is 2.61. The van der Waals surface area contributed by atoms with Gasteiger partial charge in [-0.2, -0.15) is 0 Å². The molecule has 1 fully saturated rings. The third-order valence-electron chi connectivity index (χ3n) is 4.15. The summed E-state index contributed by atoms with van der Waals surface area (Å²) in [5.41, 5.74) is -0.218. The minimum absolute atomic E-state index is 0.0637. The molecule has 1 aliphatic heterocycles. The van der Waals surface area contributed by atoms with E-state index in [9.17, 15) is 14.9 Å². The van der Waals surface area contributed by atoms with E-state index in [4.69, 9.17) is 9.47 Å². The maximum absolute atomic E-state index is 12.5. The third-order valence-corrected chi connectivity index (χ3v) is 4.15. The Hall–Kier alpha value is -2.35. The van der Waals surface area contributed by atoms with Crippen LogP contribution in [0.1, 0.15) is 13.8 Å². The first-order chi connectivity index (χ1) is 11.5. The molecule has 0 spiro atoms. The first kappa shape index (κ1) is 18.0. The van der Waals surface area contributed by atoms with E-state index in [1.807, 2.05) is 0 Å². The highest BCUT2D eigenvalue weighted by atomic mass is 16.6. The number of likely N-dealkylation sites (N-methyl/N-ethyl adjacent to an activating group) is 1. The average molecular weight is 337 g/mol. The number of amides is 1. The van der Waals surface area contributed by atoms with Crippen LogP contribution in [0.4, 0.5) is 5.69 Å². The lowest BCUT2D eigenvalue weighted by molar-refractivity contribution is -0.386. The highest BCUT2D eigenvalue weighted by Crippen LogP contribution is 2.31. The number of hydrogen-bond donors (Lipinski definition) is 0. The second-order valence-corrected chi connectivity index (χ2v) is 5.61. The lowest BCUT2D eigenvalue weighted by atomic mass is 10.2. The van der Waals surface area contributed by atoms with Gasteiger partial charge in [0.1, 0.15) is 5.75 Å². The lowest BCUT2D eigenvalue weighted by Crippen LogP contribution is -2.51. The van der Waals surface area contributed by atoms with Gasteiger partial charge in [0.2, 0.25) is 0 Å². The molecule has 1 aliphatic rings. The van der Waals surface area contributed by atoms with Crippen LogP contribution in [0.25, 0.3) is 0 Å². The molecule has 0 saturated carbocycles. The van der Waals surface area contributed by atoms with Gasteiger partial charge in [-0.15, -0.1) is 0 Å². The van der Waals surface area contributed by atoms with Crippen LogP contribution >= 0.6 is 0 Å². The summed E-state index contributed by atoms with van der Waals surface area (Å²) in [6.45, 7) is 7.62. The molecule has 1 amide bonds. The van der Waals surface area contributed by atoms with Gasteiger partial charge in [-0.3, -0.25) is 14.9 Å². The second-order valence-electron chi connectivity index (χ2n) is 5.61. The van der Waals surface area contributed by atoms with Gasteiger partial charge < -0.3 is 19.3 Å². The number of methoxy groups -OCH3 is 1. The standard InChI is InChI=1S/C16H23N3O5/c1-4-17-7-9-18(10-8-17)16(20)12(2)24-15-6-5-13(23-3)11-14(15)19(21)22/h5-6,11-12H,4,7-10H2,1-3H3/t12-/m0/s1. The molecule has 0 aromatic heterocycles. The van der Waals surface area contributed by atoms with Gasteiger partial charge >= 0.3 is 5.69 Å². The number of carbonyl (C=O) groups excluding carboxylic acids is 1. The zero-order valence-electron chi connectivity index (χ0n) is 14.2. The fourth-order valence-electron chi connectivity index (χ4n) is 2.65. The van der Waals surface area contributed by atoms with Gasteiger partial charge in [0, 0.05) is 26.2 Å². The van der Waals surface area contributed by atoms with Gasteiger partial charge in [0.25, 0.3) is 5.91 Å². The van der Waals surface area contributed by atoms with E-state index in [0.717, 1.165) is 19.6 Å². The molecule has 1 heterocycles. The van der Waals surface area contributed by atoms with E-state index in [2.05, 4.69) is 11.8 Å². The van der Waals surface area contributed by atoms with Gasteiger partial charge in [0.15, 0.2) is 11.9 Å². The summed E-state index contributed by atoms with van der Waals surface area (Å²) in [5.74, 6) is 0.272. The molecule has 0 radical (unpaired) electrons. The molecule has 132 valence electrons. The molecule has 0 unspecified atom stereocenters. The van der Waals surface area contributed by atoms with Crippen LogP contribution < -0.4 is 9.47 Å². The van der Waals surface area contributed by atoms with Crippen LogP contribution in [0.5, 0.6) is 11.5 Å².